The topological polar surface area (TPSA) is 95.2 Å². The molecule has 1 aromatic rings. The zero-order valence-electron chi connectivity index (χ0n) is 14.3. The maximum absolute atomic E-state index is 11.9. The highest BCUT2D eigenvalue weighted by Gasteiger charge is 2.54. The van der Waals surface area contributed by atoms with E-state index in [2.05, 4.69) is 11.2 Å². The highest BCUT2D eigenvalue weighted by Crippen LogP contribution is 2.48. The summed E-state index contributed by atoms with van der Waals surface area (Å²) in [4.78, 5) is 11.9. The number of nitriles is 1. The maximum atomic E-state index is 11.9. The van der Waals surface area contributed by atoms with E-state index in [1.54, 1.807) is 39.1 Å². The molecule has 1 N–H and O–H groups in total. The molecule has 2 aliphatic heterocycles. The smallest absolute Gasteiger partial charge is 0.246 e. The van der Waals surface area contributed by atoms with Gasteiger partial charge in [-0.2, -0.15) is 5.26 Å². The first-order valence-corrected chi connectivity index (χ1v) is 8.25. The Labute approximate surface area is 145 Å². The third kappa shape index (κ3) is 2.45. The second kappa shape index (κ2) is 5.20. The summed E-state index contributed by atoms with van der Waals surface area (Å²) in [6, 6.07) is 7.15. The molecule has 0 bridgehead atoms. The fraction of sp³-hybridized carbons (Fsp3) is 0.500. The molecule has 0 aromatic heterocycles. The van der Waals surface area contributed by atoms with Crippen LogP contribution in [0, 0.1) is 23.2 Å². The predicted molar refractivity (Wildman–Crippen MR) is 87.5 cm³/mol. The van der Waals surface area contributed by atoms with E-state index in [0.29, 0.717) is 22.8 Å². The zero-order chi connectivity index (χ0) is 17.9. The number of benzene rings is 1. The summed E-state index contributed by atoms with van der Waals surface area (Å²) in [7, 11) is 1.60. The maximum Gasteiger partial charge on any atom is 0.246 e. The number of carbonyl (C=O) groups is 1. The summed E-state index contributed by atoms with van der Waals surface area (Å²) in [6.45, 7) is 3.57. The Kier molecular flexibility index (Phi) is 3.31. The van der Waals surface area contributed by atoms with Crippen molar-refractivity contribution in [3.8, 4) is 11.8 Å². The van der Waals surface area contributed by atoms with Gasteiger partial charge in [-0.3, -0.25) is 4.79 Å². The number of hydrogen-bond acceptors (Lipinski definition) is 6. The Balaban J connectivity index is 1.72. The van der Waals surface area contributed by atoms with Crippen molar-refractivity contribution >= 4 is 11.8 Å². The van der Waals surface area contributed by atoms with E-state index in [9.17, 15) is 9.90 Å². The third-order valence-corrected chi connectivity index (χ3v) is 5.06. The number of carbonyl (C=O) groups excluding carboxylic acids is 1. The summed E-state index contributed by atoms with van der Waals surface area (Å²) < 4.78 is 12.0. The number of ether oxygens (including phenoxy) is 2. The van der Waals surface area contributed by atoms with Crippen LogP contribution in [0.5, 0.6) is 5.75 Å². The normalized spacial score (nSPS) is 31.9. The van der Waals surface area contributed by atoms with E-state index in [1.807, 2.05) is 0 Å². The quantitative estimate of drug-likeness (QED) is 0.836. The lowest BCUT2D eigenvalue weighted by Crippen LogP contribution is -2.50. The molecule has 1 aliphatic carbocycles. The third-order valence-electron chi connectivity index (χ3n) is 5.06. The van der Waals surface area contributed by atoms with E-state index in [4.69, 9.17) is 14.7 Å². The molecule has 4 rings (SSSR count). The van der Waals surface area contributed by atoms with Crippen molar-refractivity contribution in [1.82, 2.24) is 5.01 Å². The van der Waals surface area contributed by atoms with Crippen LogP contribution in [0.4, 0.5) is 0 Å². The van der Waals surface area contributed by atoms with Crippen molar-refractivity contribution in [2.75, 3.05) is 7.05 Å². The van der Waals surface area contributed by atoms with E-state index in [1.165, 1.54) is 5.01 Å². The Morgan fingerprint density at radius 3 is 2.92 bits per heavy atom. The van der Waals surface area contributed by atoms with Crippen molar-refractivity contribution < 1.29 is 19.4 Å². The number of aliphatic hydroxyl groups excluding tert-OH is 1. The van der Waals surface area contributed by atoms with Gasteiger partial charge in [0.2, 0.25) is 11.8 Å². The molecule has 25 heavy (non-hydrogen) atoms. The molecule has 1 saturated carbocycles. The van der Waals surface area contributed by atoms with Gasteiger partial charge in [-0.05, 0) is 38.5 Å². The first kappa shape index (κ1) is 15.9. The molecule has 1 amide bonds. The number of amides is 1. The van der Waals surface area contributed by atoms with Crippen LogP contribution in [-0.4, -0.2) is 40.7 Å². The molecular weight excluding hydrogens is 322 g/mol. The fourth-order valence-corrected chi connectivity index (χ4v) is 3.43. The van der Waals surface area contributed by atoms with Gasteiger partial charge in [-0.25, -0.2) is 5.01 Å². The minimum atomic E-state index is -0.947. The van der Waals surface area contributed by atoms with Crippen molar-refractivity contribution in [1.29, 1.82) is 5.26 Å². The van der Waals surface area contributed by atoms with Gasteiger partial charge in [0.05, 0.1) is 17.6 Å². The Morgan fingerprint density at radius 2 is 2.20 bits per heavy atom. The monoisotopic (exact) mass is 341 g/mol. The molecule has 0 radical (unpaired) electrons. The highest BCUT2D eigenvalue weighted by atomic mass is 16.5. The summed E-state index contributed by atoms with van der Waals surface area (Å²) in [5.41, 5.74) is 0.224. The summed E-state index contributed by atoms with van der Waals surface area (Å²) in [5.74, 6) is 0.934. The van der Waals surface area contributed by atoms with Crippen LogP contribution in [0.25, 0.3) is 0 Å². The standard InChI is InChI=1S/C18H19N3O4/c1-18(2)15(22)14(12-6-9(8-19)4-5-13(12)25-18)24-16-10-7-11(10)17(23)21(3)20-16/h4-6,10-11,14-15,22H,7H2,1-3H3/t10-,11+,14+,15-/m1/s1. The molecule has 2 heterocycles. The van der Waals surface area contributed by atoms with E-state index in [-0.39, 0.29) is 17.7 Å². The molecule has 3 aliphatic rings. The summed E-state index contributed by atoms with van der Waals surface area (Å²) in [5, 5.41) is 25.5. The van der Waals surface area contributed by atoms with Gasteiger partial charge >= 0.3 is 0 Å². The molecule has 4 atom stereocenters. The van der Waals surface area contributed by atoms with Crippen LogP contribution in [0.2, 0.25) is 0 Å². The largest absolute Gasteiger partial charge is 0.485 e. The van der Waals surface area contributed by atoms with Crippen LogP contribution < -0.4 is 4.74 Å². The number of rotatable bonds is 1. The van der Waals surface area contributed by atoms with Gasteiger partial charge in [0.15, 0.2) is 6.10 Å². The fourth-order valence-electron chi connectivity index (χ4n) is 3.43. The summed E-state index contributed by atoms with van der Waals surface area (Å²) in [6.07, 6.45) is -0.944. The molecule has 1 aromatic carbocycles. The van der Waals surface area contributed by atoms with Crippen LogP contribution in [-0.2, 0) is 9.53 Å². The zero-order valence-corrected chi connectivity index (χ0v) is 14.3. The highest BCUT2D eigenvalue weighted by molar-refractivity contribution is 5.96. The average Bonchev–Trinajstić information content (AvgIpc) is 3.37. The van der Waals surface area contributed by atoms with Gasteiger partial charge in [0, 0.05) is 18.5 Å². The molecular formula is C18H19N3O4. The molecule has 7 heteroatoms. The average molecular weight is 341 g/mol. The van der Waals surface area contributed by atoms with Crippen LogP contribution in [0.3, 0.4) is 0 Å². The van der Waals surface area contributed by atoms with Crippen molar-refractivity contribution in [2.45, 2.75) is 38.1 Å². The number of hydrazone groups is 1. The lowest BCUT2D eigenvalue weighted by Gasteiger charge is -2.42. The van der Waals surface area contributed by atoms with Gasteiger partial charge in [0.25, 0.3) is 0 Å². The van der Waals surface area contributed by atoms with Crippen molar-refractivity contribution in [3.63, 3.8) is 0 Å². The number of fused-ring (bicyclic) bond motifs is 2. The van der Waals surface area contributed by atoms with Gasteiger partial charge in [-0.1, -0.05) is 0 Å². The molecule has 130 valence electrons. The minimum absolute atomic E-state index is 0.00243. The lowest BCUT2D eigenvalue weighted by molar-refractivity contribution is -0.133. The Hall–Kier alpha value is -2.59. The predicted octanol–water partition coefficient (Wildman–Crippen LogP) is 1.57. The number of aliphatic hydroxyl groups is 1. The molecule has 0 unspecified atom stereocenters. The van der Waals surface area contributed by atoms with E-state index < -0.39 is 17.8 Å². The van der Waals surface area contributed by atoms with Gasteiger partial charge in [0.1, 0.15) is 17.5 Å². The molecule has 0 saturated heterocycles. The first-order valence-electron chi connectivity index (χ1n) is 8.25. The van der Waals surface area contributed by atoms with Crippen LogP contribution >= 0.6 is 0 Å². The lowest BCUT2D eigenvalue weighted by atomic mass is 9.87. The molecule has 1 fully saturated rings. The van der Waals surface area contributed by atoms with Gasteiger partial charge in [-0.15, -0.1) is 5.10 Å². The molecule has 7 nitrogen and oxygen atoms in total. The van der Waals surface area contributed by atoms with Crippen molar-refractivity contribution in [3.05, 3.63) is 29.3 Å². The van der Waals surface area contributed by atoms with Crippen LogP contribution in [0.15, 0.2) is 23.3 Å². The Morgan fingerprint density at radius 1 is 1.44 bits per heavy atom. The van der Waals surface area contributed by atoms with E-state index >= 15 is 0 Å². The van der Waals surface area contributed by atoms with Gasteiger partial charge < -0.3 is 14.6 Å². The minimum Gasteiger partial charge on any atom is -0.485 e. The molecule has 0 spiro atoms. The van der Waals surface area contributed by atoms with Crippen LogP contribution in [0.1, 0.15) is 37.5 Å². The second-order valence-electron chi connectivity index (χ2n) is 7.30. The van der Waals surface area contributed by atoms with Crippen molar-refractivity contribution in [2.24, 2.45) is 16.9 Å². The van der Waals surface area contributed by atoms with E-state index in [0.717, 1.165) is 6.42 Å². The number of hydrogen-bond donors (Lipinski definition) is 1. The Bertz CT molecular complexity index is 826. The number of nitrogens with zero attached hydrogens (tertiary/aromatic N) is 3. The SMILES string of the molecule is CN1N=C(O[C@H]2c3cc(C#N)ccc3OC(C)(C)[C@@H]2O)[C@@H]2C[C@@H]2C1=O. The summed E-state index contributed by atoms with van der Waals surface area (Å²) >= 11 is 0. The first-order chi connectivity index (χ1) is 11.8. The second-order valence-corrected chi connectivity index (χ2v) is 7.30.